The van der Waals surface area contributed by atoms with Crippen LogP contribution in [0.5, 0.6) is 0 Å². The molecule has 1 amide bonds. The summed E-state index contributed by atoms with van der Waals surface area (Å²) in [6.07, 6.45) is 0. The van der Waals surface area contributed by atoms with Gasteiger partial charge in [-0.1, -0.05) is 19.9 Å². The zero-order valence-corrected chi connectivity index (χ0v) is 13.3. The van der Waals surface area contributed by atoms with Crippen molar-refractivity contribution in [3.05, 3.63) is 34.1 Å². The molecule has 1 aromatic rings. The van der Waals surface area contributed by atoms with Crippen molar-refractivity contribution in [2.75, 3.05) is 20.6 Å². The Kier molecular flexibility index (Phi) is 5.94. The molecule has 0 saturated carbocycles. The number of hydrogen-bond acceptors (Lipinski definition) is 2. The molecule has 0 heterocycles. The maximum absolute atomic E-state index is 13.6. The highest BCUT2D eigenvalue weighted by Crippen LogP contribution is 2.19. The topological polar surface area (TPSA) is 32.3 Å². The van der Waals surface area contributed by atoms with Crippen molar-refractivity contribution in [1.29, 1.82) is 0 Å². The van der Waals surface area contributed by atoms with Crippen molar-refractivity contribution in [1.82, 2.24) is 10.2 Å². The molecule has 3 nitrogen and oxygen atoms in total. The molecule has 1 aromatic carbocycles. The largest absolute Gasteiger partial charge is 0.350 e. The molecule has 1 unspecified atom stereocenters. The Balaban J connectivity index is 2.75. The molecule has 106 valence electrons. The van der Waals surface area contributed by atoms with Gasteiger partial charge in [-0.05, 0) is 48.1 Å². The monoisotopic (exact) mass is 330 g/mol. The summed E-state index contributed by atoms with van der Waals surface area (Å²) in [5, 5.41) is 2.79. The number of hydrogen-bond donors (Lipinski definition) is 1. The summed E-state index contributed by atoms with van der Waals surface area (Å²) in [7, 11) is 3.94. The van der Waals surface area contributed by atoms with Gasteiger partial charge in [0.05, 0.1) is 5.56 Å². The predicted molar refractivity (Wildman–Crippen MR) is 78.7 cm³/mol. The van der Waals surface area contributed by atoms with E-state index in [-0.39, 0.29) is 11.6 Å². The van der Waals surface area contributed by atoms with Crippen LogP contribution in [0.25, 0.3) is 0 Å². The lowest BCUT2D eigenvalue weighted by Gasteiger charge is -2.28. The summed E-state index contributed by atoms with van der Waals surface area (Å²) >= 11 is 3.20. The molecule has 0 radical (unpaired) electrons. The average Bonchev–Trinajstić information content (AvgIpc) is 2.27. The van der Waals surface area contributed by atoms with Crippen molar-refractivity contribution in [2.45, 2.75) is 19.9 Å². The standard InChI is InChI=1S/C14H20BrFN2O/c1-9(2)12(18(3)4)8-17-14(19)13-10(15)6-5-7-11(13)16/h5-7,9,12H,8H2,1-4H3,(H,17,19). The average molecular weight is 331 g/mol. The SMILES string of the molecule is CC(C)C(CNC(=O)c1c(F)cccc1Br)N(C)C. The lowest BCUT2D eigenvalue weighted by molar-refractivity contribution is 0.0930. The number of halogens is 2. The number of carbonyl (C=O) groups is 1. The molecular weight excluding hydrogens is 311 g/mol. The lowest BCUT2D eigenvalue weighted by atomic mass is 10.0. The van der Waals surface area contributed by atoms with Gasteiger partial charge in [0.2, 0.25) is 0 Å². The first-order chi connectivity index (χ1) is 8.84. The van der Waals surface area contributed by atoms with Gasteiger partial charge in [0, 0.05) is 17.1 Å². The van der Waals surface area contributed by atoms with Gasteiger partial charge in [-0.15, -0.1) is 0 Å². The second-order valence-electron chi connectivity index (χ2n) is 5.08. The van der Waals surface area contributed by atoms with E-state index in [1.807, 2.05) is 14.1 Å². The van der Waals surface area contributed by atoms with E-state index in [1.54, 1.807) is 12.1 Å². The van der Waals surface area contributed by atoms with Crippen molar-refractivity contribution < 1.29 is 9.18 Å². The number of carbonyl (C=O) groups excluding carboxylic acids is 1. The first-order valence-corrected chi connectivity index (χ1v) is 7.02. The highest BCUT2D eigenvalue weighted by atomic mass is 79.9. The van der Waals surface area contributed by atoms with Crippen LogP contribution in [-0.2, 0) is 0 Å². The first-order valence-electron chi connectivity index (χ1n) is 6.23. The molecule has 1 rings (SSSR count). The van der Waals surface area contributed by atoms with Gasteiger partial charge in [-0.2, -0.15) is 0 Å². The molecule has 0 aliphatic carbocycles. The van der Waals surface area contributed by atoms with Crippen LogP contribution in [0.15, 0.2) is 22.7 Å². The molecule has 0 aliphatic heterocycles. The third-order valence-corrected chi connectivity index (χ3v) is 3.76. The molecular formula is C14H20BrFN2O. The van der Waals surface area contributed by atoms with Crippen LogP contribution in [-0.4, -0.2) is 37.5 Å². The van der Waals surface area contributed by atoms with Gasteiger partial charge in [0.1, 0.15) is 5.82 Å². The van der Waals surface area contributed by atoms with E-state index in [1.165, 1.54) is 6.07 Å². The second-order valence-corrected chi connectivity index (χ2v) is 5.94. The summed E-state index contributed by atoms with van der Waals surface area (Å²) in [6, 6.07) is 4.72. The van der Waals surface area contributed by atoms with E-state index in [9.17, 15) is 9.18 Å². The van der Waals surface area contributed by atoms with Crippen molar-refractivity contribution in [3.63, 3.8) is 0 Å². The quantitative estimate of drug-likeness (QED) is 0.900. The highest BCUT2D eigenvalue weighted by molar-refractivity contribution is 9.10. The molecule has 0 bridgehead atoms. The third-order valence-electron chi connectivity index (χ3n) is 3.09. The minimum atomic E-state index is -0.516. The van der Waals surface area contributed by atoms with Crippen LogP contribution in [0.2, 0.25) is 0 Å². The maximum Gasteiger partial charge on any atom is 0.255 e. The smallest absolute Gasteiger partial charge is 0.255 e. The van der Waals surface area contributed by atoms with E-state index >= 15 is 0 Å². The molecule has 19 heavy (non-hydrogen) atoms. The Morgan fingerprint density at radius 2 is 2.05 bits per heavy atom. The molecule has 1 atom stereocenters. The molecule has 5 heteroatoms. The molecule has 1 N–H and O–H groups in total. The maximum atomic E-state index is 13.6. The minimum Gasteiger partial charge on any atom is -0.350 e. The molecule has 0 aromatic heterocycles. The number of benzene rings is 1. The number of nitrogens with one attached hydrogen (secondary N) is 1. The fraction of sp³-hybridized carbons (Fsp3) is 0.500. The van der Waals surface area contributed by atoms with Gasteiger partial charge in [0.15, 0.2) is 0 Å². The Labute approximate surface area is 122 Å². The first kappa shape index (κ1) is 16.1. The van der Waals surface area contributed by atoms with Gasteiger partial charge in [-0.25, -0.2) is 4.39 Å². The minimum absolute atomic E-state index is 0.0590. The summed E-state index contributed by atoms with van der Waals surface area (Å²) in [5.41, 5.74) is 0.0590. The van der Waals surface area contributed by atoms with E-state index in [4.69, 9.17) is 0 Å². The fourth-order valence-electron chi connectivity index (χ4n) is 2.01. The normalized spacial score (nSPS) is 12.8. The molecule has 0 aliphatic rings. The number of amides is 1. The summed E-state index contributed by atoms with van der Waals surface area (Å²) in [5.74, 6) is -0.505. The van der Waals surface area contributed by atoms with E-state index in [0.29, 0.717) is 16.9 Å². The zero-order chi connectivity index (χ0) is 14.6. The van der Waals surface area contributed by atoms with E-state index in [2.05, 4.69) is 40.0 Å². The van der Waals surface area contributed by atoms with Crippen LogP contribution < -0.4 is 5.32 Å². The Morgan fingerprint density at radius 1 is 1.42 bits per heavy atom. The molecule has 0 saturated heterocycles. The van der Waals surface area contributed by atoms with Crippen LogP contribution in [0.3, 0.4) is 0 Å². The summed E-state index contributed by atoms with van der Waals surface area (Å²) in [4.78, 5) is 14.1. The third kappa shape index (κ3) is 4.28. The van der Waals surface area contributed by atoms with Crippen molar-refractivity contribution in [2.24, 2.45) is 5.92 Å². The van der Waals surface area contributed by atoms with Gasteiger partial charge in [0.25, 0.3) is 5.91 Å². The highest BCUT2D eigenvalue weighted by Gasteiger charge is 2.19. The fourth-order valence-corrected chi connectivity index (χ4v) is 2.54. The van der Waals surface area contributed by atoms with Gasteiger partial charge >= 0.3 is 0 Å². The Bertz CT molecular complexity index is 421. The number of nitrogens with zero attached hydrogens (tertiary/aromatic N) is 1. The zero-order valence-electron chi connectivity index (χ0n) is 11.7. The van der Waals surface area contributed by atoms with Crippen LogP contribution in [0.1, 0.15) is 24.2 Å². The second kappa shape index (κ2) is 7.01. The van der Waals surface area contributed by atoms with Crippen molar-refractivity contribution in [3.8, 4) is 0 Å². The van der Waals surface area contributed by atoms with Crippen LogP contribution in [0, 0.1) is 11.7 Å². The molecule has 0 fully saturated rings. The predicted octanol–water partition coefficient (Wildman–Crippen LogP) is 2.90. The van der Waals surface area contributed by atoms with Crippen LogP contribution >= 0.6 is 15.9 Å². The molecule has 0 spiro atoms. The van der Waals surface area contributed by atoms with E-state index in [0.717, 1.165) is 0 Å². The lowest BCUT2D eigenvalue weighted by Crippen LogP contribution is -2.43. The van der Waals surface area contributed by atoms with E-state index < -0.39 is 11.7 Å². The number of likely N-dealkylation sites (N-methyl/N-ethyl adjacent to an activating group) is 1. The van der Waals surface area contributed by atoms with Crippen molar-refractivity contribution >= 4 is 21.8 Å². The van der Waals surface area contributed by atoms with Gasteiger partial charge in [-0.3, -0.25) is 4.79 Å². The van der Waals surface area contributed by atoms with Crippen LogP contribution in [0.4, 0.5) is 4.39 Å². The number of rotatable bonds is 5. The Morgan fingerprint density at radius 3 is 2.53 bits per heavy atom. The Hall–Kier alpha value is -0.940. The van der Waals surface area contributed by atoms with Gasteiger partial charge < -0.3 is 10.2 Å². The summed E-state index contributed by atoms with van der Waals surface area (Å²) < 4.78 is 14.1. The summed E-state index contributed by atoms with van der Waals surface area (Å²) in [6.45, 7) is 4.68.